The molecule has 0 spiro atoms. The van der Waals surface area contributed by atoms with Crippen LogP contribution in [-0.4, -0.2) is 51.9 Å². The van der Waals surface area contributed by atoms with Crippen molar-refractivity contribution in [1.82, 2.24) is 24.5 Å². The number of amides is 1. The van der Waals surface area contributed by atoms with Gasteiger partial charge in [0.1, 0.15) is 11.2 Å². The number of sulfonamides is 1. The van der Waals surface area contributed by atoms with E-state index in [0.29, 0.717) is 34.9 Å². The number of tetrazole rings is 1. The molecule has 0 aliphatic rings. The summed E-state index contributed by atoms with van der Waals surface area (Å²) >= 11 is 1.25. The van der Waals surface area contributed by atoms with Gasteiger partial charge < -0.3 is 5.32 Å². The van der Waals surface area contributed by atoms with Crippen molar-refractivity contribution in [3.63, 3.8) is 0 Å². The second-order valence-corrected chi connectivity index (χ2v) is 8.74. The molecule has 2 heterocycles. The van der Waals surface area contributed by atoms with Crippen molar-refractivity contribution in [2.75, 3.05) is 18.4 Å². The molecule has 0 bridgehead atoms. The van der Waals surface area contributed by atoms with Gasteiger partial charge in [0, 0.05) is 18.8 Å². The predicted octanol–water partition coefficient (Wildman–Crippen LogP) is 2.32. The van der Waals surface area contributed by atoms with Crippen LogP contribution in [0.2, 0.25) is 0 Å². The number of aryl methyl sites for hydroxylation is 1. The number of benzene rings is 1. The predicted molar refractivity (Wildman–Crippen MR) is 106 cm³/mol. The Hall–Kier alpha value is -2.63. The van der Waals surface area contributed by atoms with Crippen molar-refractivity contribution in [3.8, 4) is 5.69 Å². The molecule has 0 aliphatic carbocycles. The van der Waals surface area contributed by atoms with Gasteiger partial charge in [-0.25, -0.2) is 8.42 Å². The van der Waals surface area contributed by atoms with Gasteiger partial charge in [0.25, 0.3) is 5.91 Å². The summed E-state index contributed by atoms with van der Waals surface area (Å²) in [4.78, 5) is 13.3. The minimum absolute atomic E-state index is 0.181. The van der Waals surface area contributed by atoms with Crippen LogP contribution in [0.3, 0.4) is 0 Å². The van der Waals surface area contributed by atoms with E-state index in [4.69, 9.17) is 0 Å². The van der Waals surface area contributed by atoms with E-state index in [1.54, 1.807) is 44.4 Å². The van der Waals surface area contributed by atoms with Crippen LogP contribution in [0.1, 0.15) is 29.1 Å². The third-order valence-electron chi connectivity index (χ3n) is 4.22. The Labute approximate surface area is 167 Å². The average molecular weight is 421 g/mol. The van der Waals surface area contributed by atoms with E-state index in [-0.39, 0.29) is 10.8 Å². The number of anilines is 1. The molecule has 1 amide bonds. The summed E-state index contributed by atoms with van der Waals surface area (Å²) in [6.45, 7) is 6.06. The molecule has 3 aromatic rings. The summed E-state index contributed by atoms with van der Waals surface area (Å²) in [5.41, 5.74) is 1.57. The third kappa shape index (κ3) is 3.81. The first-order valence-electron chi connectivity index (χ1n) is 8.61. The van der Waals surface area contributed by atoms with Crippen LogP contribution < -0.4 is 5.32 Å². The van der Waals surface area contributed by atoms with Gasteiger partial charge >= 0.3 is 0 Å². The molecule has 0 aliphatic heterocycles. The zero-order valence-corrected chi connectivity index (χ0v) is 17.3. The molecule has 0 atom stereocenters. The first-order chi connectivity index (χ1) is 13.4. The number of hydrogen-bond donors (Lipinski definition) is 1. The van der Waals surface area contributed by atoms with Gasteiger partial charge in [0.15, 0.2) is 0 Å². The van der Waals surface area contributed by atoms with E-state index in [1.807, 2.05) is 0 Å². The fraction of sp³-hybridized carbons (Fsp3) is 0.294. The Morgan fingerprint density at radius 3 is 2.64 bits per heavy atom. The van der Waals surface area contributed by atoms with Crippen molar-refractivity contribution in [2.45, 2.75) is 25.7 Å². The van der Waals surface area contributed by atoms with Crippen LogP contribution in [0.25, 0.3) is 5.69 Å². The lowest BCUT2D eigenvalue weighted by molar-refractivity contribution is 0.103. The van der Waals surface area contributed by atoms with Gasteiger partial charge in [0.2, 0.25) is 10.0 Å². The molecule has 3 rings (SSSR count). The summed E-state index contributed by atoms with van der Waals surface area (Å²) in [6, 6.07) is 6.59. The lowest BCUT2D eigenvalue weighted by Gasteiger charge is -2.20. The zero-order chi connectivity index (χ0) is 20.3. The Bertz CT molecular complexity index is 1070. The highest BCUT2D eigenvalue weighted by molar-refractivity contribution is 7.89. The highest BCUT2D eigenvalue weighted by atomic mass is 32.2. The van der Waals surface area contributed by atoms with Crippen molar-refractivity contribution in [1.29, 1.82) is 0 Å². The number of carbonyl (C=O) groups is 1. The molecule has 0 saturated heterocycles. The van der Waals surface area contributed by atoms with Crippen LogP contribution in [0, 0.1) is 6.92 Å². The van der Waals surface area contributed by atoms with Crippen LogP contribution in [0.15, 0.2) is 40.9 Å². The number of aromatic nitrogens is 4. The molecule has 1 aromatic carbocycles. The molecule has 0 fully saturated rings. The van der Waals surface area contributed by atoms with Gasteiger partial charge in [-0.2, -0.15) is 8.99 Å². The van der Waals surface area contributed by atoms with Crippen molar-refractivity contribution >= 4 is 33.0 Å². The Balaban J connectivity index is 1.91. The van der Waals surface area contributed by atoms with E-state index in [2.05, 4.69) is 20.8 Å². The maximum atomic E-state index is 12.9. The molecule has 0 unspecified atom stereocenters. The number of thiophene rings is 1. The van der Waals surface area contributed by atoms with Gasteiger partial charge in [-0.05, 0) is 46.5 Å². The summed E-state index contributed by atoms with van der Waals surface area (Å²) in [6.07, 6.45) is 1.40. The van der Waals surface area contributed by atoms with Crippen molar-refractivity contribution in [2.24, 2.45) is 0 Å². The fourth-order valence-electron chi connectivity index (χ4n) is 2.77. The smallest absolute Gasteiger partial charge is 0.267 e. The second kappa shape index (κ2) is 8.17. The number of hydrogen-bond acceptors (Lipinski definition) is 7. The molecular formula is C17H20N6O3S2. The topological polar surface area (TPSA) is 110 Å². The number of nitrogens with zero attached hydrogens (tertiary/aromatic N) is 5. The first-order valence-corrected chi connectivity index (χ1v) is 10.9. The van der Waals surface area contributed by atoms with Gasteiger partial charge in [-0.1, -0.05) is 19.9 Å². The lowest BCUT2D eigenvalue weighted by Crippen LogP contribution is -2.31. The molecule has 0 radical (unpaired) electrons. The Morgan fingerprint density at radius 2 is 2.00 bits per heavy atom. The fourth-order valence-corrected chi connectivity index (χ4v) is 5.25. The van der Waals surface area contributed by atoms with Crippen LogP contribution in [0.4, 0.5) is 5.69 Å². The quantitative estimate of drug-likeness (QED) is 0.628. The summed E-state index contributed by atoms with van der Waals surface area (Å²) in [7, 11) is -3.63. The third-order valence-corrected chi connectivity index (χ3v) is 7.31. The highest BCUT2D eigenvalue weighted by Crippen LogP contribution is 2.26. The molecule has 9 nitrogen and oxygen atoms in total. The number of carbonyl (C=O) groups excluding carboxylic acids is 1. The minimum atomic E-state index is -3.63. The van der Waals surface area contributed by atoms with E-state index in [1.165, 1.54) is 32.7 Å². The monoisotopic (exact) mass is 420 g/mol. The molecule has 2 aromatic heterocycles. The normalized spacial score (nSPS) is 11.7. The van der Waals surface area contributed by atoms with Crippen LogP contribution in [-0.2, 0) is 10.0 Å². The molecule has 0 saturated carbocycles. The van der Waals surface area contributed by atoms with Gasteiger partial charge in [-0.15, -0.1) is 16.4 Å². The first kappa shape index (κ1) is 20.1. The molecule has 11 heteroatoms. The Morgan fingerprint density at radius 1 is 1.25 bits per heavy atom. The highest BCUT2D eigenvalue weighted by Gasteiger charge is 2.24. The number of nitrogens with one attached hydrogen (secondary N) is 1. The van der Waals surface area contributed by atoms with E-state index < -0.39 is 10.0 Å². The number of rotatable bonds is 7. The molecule has 1 N–H and O–H groups in total. The van der Waals surface area contributed by atoms with Crippen LogP contribution >= 0.6 is 11.3 Å². The summed E-state index contributed by atoms with van der Waals surface area (Å²) in [5, 5.41) is 15.5. The zero-order valence-electron chi connectivity index (χ0n) is 15.7. The summed E-state index contributed by atoms with van der Waals surface area (Å²) < 4.78 is 28.5. The standard InChI is InChI=1S/C17H20N6O3S2/c1-4-22(5-2)28(25,26)15-10-13(7-6-12(15)3)19-17(24)16-14(8-9-27-16)23-11-18-20-21-23/h6-11H,4-5H2,1-3H3,(H,19,24). The van der Waals surface area contributed by atoms with Gasteiger partial charge in [0.05, 0.1) is 10.6 Å². The molecular weight excluding hydrogens is 400 g/mol. The average Bonchev–Trinajstić information content (AvgIpc) is 3.35. The second-order valence-electron chi connectivity index (χ2n) is 5.91. The van der Waals surface area contributed by atoms with E-state index in [9.17, 15) is 13.2 Å². The largest absolute Gasteiger partial charge is 0.321 e. The van der Waals surface area contributed by atoms with Crippen molar-refractivity contribution < 1.29 is 13.2 Å². The van der Waals surface area contributed by atoms with Gasteiger partial charge in [-0.3, -0.25) is 4.79 Å². The van der Waals surface area contributed by atoms with Crippen molar-refractivity contribution in [3.05, 3.63) is 46.4 Å². The lowest BCUT2D eigenvalue weighted by atomic mass is 10.2. The van der Waals surface area contributed by atoms with Crippen LogP contribution in [0.5, 0.6) is 0 Å². The maximum absolute atomic E-state index is 12.9. The maximum Gasteiger partial charge on any atom is 0.267 e. The minimum Gasteiger partial charge on any atom is -0.321 e. The van der Waals surface area contributed by atoms with E-state index in [0.717, 1.165) is 0 Å². The Kier molecular flexibility index (Phi) is 5.87. The SMILES string of the molecule is CCN(CC)S(=O)(=O)c1cc(NC(=O)c2sccc2-n2cnnn2)ccc1C. The summed E-state index contributed by atoms with van der Waals surface area (Å²) in [5.74, 6) is -0.365. The molecule has 28 heavy (non-hydrogen) atoms. The van der Waals surface area contributed by atoms with E-state index >= 15 is 0 Å². The molecule has 148 valence electrons.